The fourth-order valence-electron chi connectivity index (χ4n) is 3.63. The Labute approximate surface area is 196 Å². The van der Waals surface area contributed by atoms with Gasteiger partial charge in [0.2, 0.25) is 15.9 Å². The first-order valence-electron chi connectivity index (χ1n) is 11.1. The highest BCUT2D eigenvalue weighted by atomic mass is 32.2. The van der Waals surface area contributed by atoms with Gasteiger partial charge < -0.3 is 5.32 Å². The maximum absolute atomic E-state index is 12.9. The van der Waals surface area contributed by atoms with E-state index >= 15 is 0 Å². The second-order valence-electron chi connectivity index (χ2n) is 8.48. The molecule has 2 N–H and O–H groups in total. The van der Waals surface area contributed by atoms with E-state index in [0.717, 1.165) is 30.1 Å². The summed E-state index contributed by atoms with van der Waals surface area (Å²) in [5.41, 5.74) is 2.67. The SMILES string of the molecule is CSc1ccc(S(=O)(=O)NCc2ccc(CN3CCCCC3)cc2)cc1NC(=O)C(C)C. The normalized spacial score (nSPS) is 15.1. The van der Waals surface area contributed by atoms with Gasteiger partial charge in [0.05, 0.1) is 10.6 Å². The Hall–Kier alpha value is -1.87. The molecule has 2 aromatic rings. The third kappa shape index (κ3) is 6.81. The minimum atomic E-state index is -3.71. The van der Waals surface area contributed by atoms with Gasteiger partial charge >= 0.3 is 0 Å². The summed E-state index contributed by atoms with van der Waals surface area (Å²) in [7, 11) is -3.71. The summed E-state index contributed by atoms with van der Waals surface area (Å²) in [4.78, 5) is 15.5. The van der Waals surface area contributed by atoms with E-state index in [9.17, 15) is 13.2 Å². The number of nitrogens with one attached hydrogen (secondary N) is 2. The van der Waals surface area contributed by atoms with E-state index in [-0.39, 0.29) is 23.3 Å². The monoisotopic (exact) mass is 475 g/mol. The van der Waals surface area contributed by atoms with E-state index in [4.69, 9.17) is 0 Å². The Morgan fingerprint density at radius 3 is 2.31 bits per heavy atom. The van der Waals surface area contributed by atoms with Crippen molar-refractivity contribution in [2.24, 2.45) is 5.92 Å². The summed E-state index contributed by atoms with van der Waals surface area (Å²) in [5, 5.41) is 2.83. The third-order valence-corrected chi connectivity index (χ3v) is 7.80. The van der Waals surface area contributed by atoms with Crippen LogP contribution in [0.4, 0.5) is 5.69 Å². The molecule has 0 aromatic heterocycles. The van der Waals surface area contributed by atoms with Crippen molar-refractivity contribution in [2.45, 2.75) is 56.0 Å². The molecule has 1 amide bonds. The lowest BCUT2D eigenvalue weighted by Crippen LogP contribution is -2.29. The van der Waals surface area contributed by atoms with Gasteiger partial charge in [-0.25, -0.2) is 13.1 Å². The molecular formula is C24H33N3O3S2. The lowest BCUT2D eigenvalue weighted by molar-refractivity contribution is -0.118. The number of hydrogen-bond acceptors (Lipinski definition) is 5. The van der Waals surface area contributed by atoms with Crippen molar-refractivity contribution in [2.75, 3.05) is 24.7 Å². The molecule has 32 heavy (non-hydrogen) atoms. The number of nitrogens with zero attached hydrogens (tertiary/aromatic N) is 1. The van der Waals surface area contributed by atoms with Gasteiger partial charge in [-0.15, -0.1) is 11.8 Å². The van der Waals surface area contributed by atoms with Crippen LogP contribution in [0, 0.1) is 5.92 Å². The van der Waals surface area contributed by atoms with Gasteiger partial charge in [0.25, 0.3) is 0 Å². The first kappa shape index (κ1) is 24.8. The van der Waals surface area contributed by atoms with Crippen molar-refractivity contribution in [1.29, 1.82) is 0 Å². The van der Waals surface area contributed by atoms with E-state index in [2.05, 4.69) is 27.1 Å². The number of thioether (sulfide) groups is 1. The molecule has 174 valence electrons. The maximum atomic E-state index is 12.9. The van der Waals surface area contributed by atoms with Crippen LogP contribution in [0.3, 0.4) is 0 Å². The first-order valence-corrected chi connectivity index (χ1v) is 13.8. The molecule has 6 nitrogen and oxygen atoms in total. The van der Waals surface area contributed by atoms with Crippen LogP contribution in [-0.2, 0) is 27.9 Å². The van der Waals surface area contributed by atoms with Crippen LogP contribution >= 0.6 is 11.8 Å². The van der Waals surface area contributed by atoms with Crippen molar-refractivity contribution in [3.63, 3.8) is 0 Å². The standard InChI is InChI=1S/C24H33N3O3S2/c1-18(2)24(28)26-22-15-21(11-12-23(22)31-3)32(29,30)25-16-19-7-9-20(10-8-19)17-27-13-5-4-6-14-27/h7-12,15,18,25H,4-6,13-14,16-17H2,1-3H3,(H,26,28). The summed E-state index contributed by atoms with van der Waals surface area (Å²) in [6, 6.07) is 12.9. The molecule has 0 bridgehead atoms. The van der Waals surface area contributed by atoms with Gasteiger partial charge in [-0.05, 0) is 61.5 Å². The smallest absolute Gasteiger partial charge is 0.240 e. The van der Waals surface area contributed by atoms with Gasteiger partial charge in [-0.3, -0.25) is 9.69 Å². The molecule has 1 saturated heterocycles. The number of carbonyl (C=O) groups is 1. The first-order chi connectivity index (χ1) is 15.3. The molecule has 0 unspecified atom stereocenters. The second-order valence-corrected chi connectivity index (χ2v) is 11.1. The Morgan fingerprint density at radius 1 is 1.03 bits per heavy atom. The zero-order valence-corrected chi connectivity index (χ0v) is 20.7. The molecule has 1 fully saturated rings. The summed E-state index contributed by atoms with van der Waals surface area (Å²) in [5.74, 6) is -0.339. The van der Waals surface area contributed by atoms with Crippen molar-refractivity contribution in [1.82, 2.24) is 9.62 Å². The summed E-state index contributed by atoms with van der Waals surface area (Å²) < 4.78 is 28.4. The highest BCUT2D eigenvalue weighted by Crippen LogP contribution is 2.28. The molecule has 1 heterocycles. The van der Waals surface area contributed by atoms with Gasteiger partial charge in [0, 0.05) is 23.9 Å². The number of amides is 1. The molecule has 2 aromatic carbocycles. The van der Waals surface area contributed by atoms with Crippen molar-refractivity contribution < 1.29 is 13.2 Å². The fraction of sp³-hybridized carbons (Fsp3) is 0.458. The van der Waals surface area contributed by atoms with Crippen LogP contribution in [0.15, 0.2) is 52.3 Å². The highest BCUT2D eigenvalue weighted by Gasteiger charge is 2.18. The predicted octanol–water partition coefficient (Wildman–Crippen LogP) is 4.47. The molecule has 1 aliphatic rings. The third-order valence-electron chi connectivity index (χ3n) is 5.61. The predicted molar refractivity (Wildman–Crippen MR) is 131 cm³/mol. The van der Waals surface area contributed by atoms with E-state index in [1.54, 1.807) is 26.0 Å². The van der Waals surface area contributed by atoms with Gasteiger partial charge in [-0.2, -0.15) is 0 Å². The molecule has 0 aliphatic carbocycles. The average Bonchev–Trinajstić information content (AvgIpc) is 2.79. The number of piperidine rings is 1. The summed E-state index contributed by atoms with van der Waals surface area (Å²) >= 11 is 1.46. The van der Waals surface area contributed by atoms with E-state index in [1.165, 1.54) is 42.7 Å². The van der Waals surface area contributed by atoms with E-state index < -0.39 is 10.0 Å². The highest BCUT2D eigenvalue weighted by molar-refractivity contribution is 7.98. The lowest BCUT2D eigenvalue weighted by Gasteiger charge is -2.26. The summed E-state index contributed by atoms with van der Waals surface area (Å²) in [6.45, 7) is 7.05. The number of benzene rings is 2. The molecule has 0 spiro atoms. The zero-order chi connectivity index (χ0) is 23.1. The van der Waals surface area contributed by atoms with Gasteiger partial charge in [-0.1, -0.05) is 44.5 Å². The fourth-order valence-corrected chi connectivity index (χ4v) is 5.21. The molecule has 0 saturated carbocycles. The molecule has 0 radical (unpaired) electrons. The Kier molecular flexibility index (Phi) is 8.76. The number of rotatable bonds is 9. The largest absolute Gasteiger partial charge is 0.325 e. The van der Waals surface area contributed by atoms with Crippen LogP contribution in [0.2, 0.25) is 0 Å². The van der Waals surface area contributed by atoms with Crippen LogP contribution < -0.4 is 10.0 Å². The van der Waals surface area contributed by atoms with Crippen molar-refractivity contribution >= 4 is 33.4 Å². The lowest BCUT2D eigenvalue weighted by atomic mass is 10.1. The number of likely N-dealkylation sites (tertiary alicyclic amines) is 1. The topological polar surface area (TPSA) is 78.5 Å². The minimum absolute atomic E-state index is 0.135. The second kappa shape index (κ2) is 11.3. The van der Waals surface area contributed by atoms with E-state index in [1.807, 2.05) is 18.4 Å². The van der Waals surface area contributed by atoms with Crippen LogP contribution in [0.1, 0.15) is 44.2 Å². The molecule has 3 rings (SSSR count). The number of sulfonamides is 1. The maximum Gasteiger partial charge on any atom is 0.240 e. The molecule has 0 atom stereocenters. The molecule has 1 aliphatic heterocycles. The number of hydrogen-bond donors (Lipinski definition) is 2. The van der Waals surface area contributed by atoms with Crippen molar-refractivity contribution in [3.8, 4) is 0 Å². The van der Waals surface area contributed by atoms with E-state index in [0.29, 0.717) is 5.69 Å². The average molecular weight is 476 g/mol. The minimum Gasteiger partial charge on any atom is -0.325 e. The Morgan fingerprint density at radius 2 is 1.69 bits per heavy atom. The van der Waals surface area contributed by atoms with Gasteiger partial charge in [0.15, 0.2) is 0 Å². The van der Waals surface area contributed by atoms with Crippen LogP contribution in [-0.4, -0.2) is 38.6 Å². The number of anilines is 1. The Bertz CT molecular complexity index is 1020. The number of carbonyl (C=O) groups excluding carboxylic acids is 1. The Balaban J connectivity index is 1.64. The van der Waals surface area contributed by atoms with Crippen LogP contribution in [0.5, 0.6) is 0 Å². The van der Waals surface area contributed by atoms with Crippen molar-refractivity contribution in [3.05, 3.63) is 53.6 Å². The van der Waals surface area contributed by atoms with Crippen LogP contribution in [0.25, 0.3) is 0 Å². The quantitative estimate of drug-likeness (QED) is 0.523. The summed E-state index contributed by atoms with van der Waals surface area (Å²) in [6.07, 6.45) is 5.74. The zero-order valence-electron chi connectivity index (χ0n) is 19.1. The van der Waals surface area contributed by atoms with Gasteiger partial charge in [0.1, 0.15) is 0 Å². The molecule has 8 heteroatoms. The molecular weight excluding hydrogens is 442 g/mol.